The van der Waals surface area contributed by atoms with Crippen LogP contribution in [0.4, 0.5) is 13.2 Å². The molecule has 20 heavy (non-hydrogen) atoms. The number of ether oxygens (including phenoxy) is 1. The Kier molecular flexibility index (Phi) is 4.96. The zero-order chi connectivity index (χ0) is 15.6. The molecule has 0 saturated heterocycles. The van der Waals surface area contributed by atoms with E-state index in [4.69, 9.17) is 4.74 Å². The van der Waals surface area contributed by atoms with Crippen molar-refractivity contribution in [2.45, 2.75) is 31.7 Å². The van der Waals surface area contributed by atoms with E-state index in [1.165, 1.54) is 19.2 Å². The predicted octanol–water partition coefficient (Wildman–Crippen LogP) is 3.60. The summed E-state index contributed by atoms with van der Waals surface area (Å²) in [5.74, 6) is 0.279. The smallest absolute Gasteiger partial charge is 0.417 e. The Balaban J connectivity index is 3.21. The largest absolute Gasteiger partial charge is 0.497 e. The molecule has 1 atom stereocenters. The van der Waals surface area contributed by atoms with Crippen LogP contribution in [0.1, 0.15) is 31.9 Å². The van der Waals surface area contributed by atoms with Gasteiger partial charge in [-0.3, -0.25) is 0 Å². The first-order chi connectivity index (χ1) is 9.05. The van der Waals surface area contributed by atoms with Gasteiger partial charge in [0.15, 0.2) is 0 Å². The summed E-state index contributed by atoms with van der Waals surface area (Å²) in [4.78, 5) is 0. The van der Waals surface area contributed by atoms with Gasteiger partial charge in [-0.15, -0.1) is 0 Å². The number of alkyl halides is 3. The van der Waals surface area contributed by atoms with Crippen LogP contribution in [0.3, 0.4) is 0 Å². The van der Waals surface area contributed by atoms with E-state index in [1.54, 1.807) is 20.8 Å². The molecule has 0 unspecified atom stereocenters. The topological polar surface area (TPSA) is 38.7 Å². The fourth-order valence-corrected chi connectivity index (χ4v) is 1.82. The van der Waals surface area contributed by atoms with E-state index in [0.29, 0.717) is 0 Å². The Bertz CT molecular complexity index is 533. The van der Waals surface area contributed by atoms with E-state index >= 15 is 0 Å². The number of nitrogens with zero attached hydrogens (tertiary/aromatic N) is 1. The predicted molar refractivity (Wildman–Crippen MR) is 73.5 cm³/mol. The maximum atomic E-state index is 12.9. The second-order valence-corrected chi connectivity index (χ2v) is 6.98. The van der Waals surface area contributed by atoms with Crippen LogP contribution in [0.2, 0.25) is 0 Å². The number of rotatable bonds is 3. The SMILES string of the molecule is COc1ccc(C(F)(F)F)c(C=N[S@@](=O)C(C)(C)C)c1. The molecule has 0 saturated carbocycles. The van der Waals surface area contributed by atoms with Gasteiger partial charge in [-0.1, -0.05) is 0 Å². The molecule has 1 aromatic carbocycles. The molecular weight excluding hydrogens is 291 g/mol. The van der Waals surface area contributed by atoms with Crippen molar-refractivity contribution in [1.82, 2.24) is 0 Å². The van der Waals surface area contributed by atoms with Gasteiger partial charge in [0.25, 0.3) is 0 Å². The van der Waals surface area contributed by atoms with Crippen molar-refractivity contribution in [2.75, 3.05) is 7.11 Å². The normalized spacial score (nSPS) is 14.6. The van der Waals surface area contributed by atoms with Gasteiger partial charge in [-0.2, -0.15) is 17.6 Å². The van der Waals surface area contributed by atoms with Crippen LogP contribution in [-0.2, 0) is 17.2 Å². The molecule has 0 amide bonds. The first-order valence-corrected chi connectivity index (χ1v) is 6.87. The van der Waals surface area contributed by atoms with E-state index in [1.807, 2.05) is 0 Å². The number of halogens is 3. The maximum Gasteiger partial charge on any atom is 0.417 e. The van der Waals surface area contributed by atoms with Crippen molar-refractivity contribution in [3.8, 4) is 5.75 Å². The summed E-state index contributed by atoms with van der Waals surface area (Å²) in [5.41, 5.74) is -1.01. The molecule has 0 radical (unpaired) electrons. The maximum absolute atomic E-state index is 12.9. The average molecular weight is 307 g/mol. The van der Waals surface area contributed by atoms with Crippen LogP contribution in [0, 0.1) is 0 Å². The molecule has 0 fully saturated rings. The van der Waals surface area contributed by atoms with E-state index in [-0.39, 0.29) is 11.3 Å². The summed E-state index contributed by atoms with van der Waals surface area (Å²) in [7, 11) is -0.262. The van der Waals surface area contributed by atoms with E-state index in [2.05, 4.69) is 4.40 Å². The number of benzene rings is 1. The Hall–Kier alpha value is -1.37. The summed E-state index contributed by atoms with van der Waals surface area (Å²) in [6.07, 6.45) is -3.52. The first kappa shape index (κ1) is 16.7. The molecule has 3 nitrogen and oxygen atoms in total. The van der Waals surface area contributed by atoms with Crippen LogP contribution in [-0.4, -0.2) is 22.3 Å². The molecule has 0 heterocycles. The third-order valence-corrected chi connectivity index (χ3v) is 3.72. The molecule has 7 heteroatoms. The van der Waals surface area contributed by atoms with Gasteiger partial charge < -0.3 is 4.74 Å². The van der Waals surface area contributed by atoms with Gasteiger partial charge in [-0.05, 0) is 39.0 Å². The van der Waals surface area contributed by atoms with Crippen LogP contribution >= 0.6 is 0 Å². The Morgan fingerprint density at radius 3 is 2.30 bits per heavy atom. The standard InChI is InChI=1S/C13H16F3NO2S/c1-12(2,3)20(18)17-8-9-7-10(19-4)5-6-11(9)13(14,15)16/h5-8H,1-4H3/t20-/m0/s1. The van der Waals surface area contributed by atoms with Crippen molar-refractivity contribution in [3.05, 3.63) is 29.3 Å². The van der Waals surface area contributed by atoms with Gasteiger partial charge in [0, 0.05) is 11.8 Å². The minimum Gasteiger partial charge on any atom is -0.497 e. The minimum atomic E-state index is -4.50. The van der Waals surface area contributed by atoms with Crippen LogP contribution in [0.5, 0.6) is 5.75 Å². The second-order valence-electron chi connectivity index (χ2n) is 5.05. The highest BCUT2D eigenvalue weighted by molar-refractivity contribution is 7.85. The summed E-state index contributed by atoms with van der Waals surface area (Å²) in [6.45, 7) is 5.07. The average Bonchev–Trinajstić information content (AvgIpc) is 2.33. The molecule has 0 bridgehead atoms. The zero-order valence-corrected chi connectivity index (χ0v) is 12.4. The molecule has 0 aromatic heterocycles. The summed E-state index contributed by atoms with van der Waals surface area (Å²) >= 11 is 0. The molecule has 1 aromatic rings. The van der Waals surface area contributed by atoms with Crippen molar-refractivity contribution < 1.29 is 22.1 Å². The molecule has 0 aliphatic heterocycles. The van der Waals surface area contributed by atoms with E-state index in [0.717, 1.165) is 12.3 Å². The fourth-order valence-electron chi connectivity index (χ4n) is 1.30. The van der Waals surface area contributed by atoms with Gasteiger partial charge in [0.05, 0.1) is 17.4 Å². The molecule has 0 N–H and O–H groups in total. The van der Waals surface area contributed by atoms with Crippen LogP contribution < -0.4 is 4.74 Å². The highest BCUT2D eigenvalue weighted by Gasteiger charge is 2.33. The third-order valence-electron chi connectivity index (χ3n) is 2.38. The lowest BCUT2D eigenvalue weighted by Crippen LogP contribution is -2.20. The van der Waals surface area contributed by atoms with Gasteiger partial charge in [0.1, 0.15) is 16.7 Å². The fraction of sp³-hybridized carbons (Fsp3) is 0.462. The lowest BCUT2D eigenvalue weighted by atomic mass is 10.1. The Morgan fingerprint density at radius 1 is 1.25 bits per heavy atom. The van der Waals surface area contributed by atoms with E-state index in [9.17, 15) is 17.4 Å². The highest BCUT2D eigenvalue weighted by Crippen LogP contribution is 2.33. The summed E-state index contributed by atoms with van der Waals surface area (Å²) in [6, 6.07) is 3.35. The lowest BCUT2D eigenvalue weighted by molar-refractivity contribution is -0.137. The van der Waals surface area contributed by atoms with Crippen LogP contribution in [0.15, 0.2) is 22.6 Å². The molecule has 0 aliphatic rings. The third kappa shape index (κ3) is 4.33. The Labute approximate surface area is 118 Å². The molecule has 0 aliphatic carbocycles. The first-order valence-electron chi connectivity index (χ1n) is 5.77. The van der Waals surface area contributed by atoms with Gasteiger partial charge in [0.2, 0.25) is 0 Å². The second kappa shape index (κ2) is 5.95. The molecule has 112 valence electrons. The molecular formula is C13H16F3NO2S. The van der Waals surface area contributed by atoms with Gasteiger partial charge >= 0.3 is 6.18 Å². The quantitative estimate of drug-likeness (QED) is 0.800. The summed E-state index contributed by atoms with van der Waals surface area (Å²) < 4.78 is 58.3. The number of hydrogen-bond donors (Lipinski definition) is 0. The lowest BCUT2D eigenvalue weighted by Gasteiger charge is -2.14. The minimum absolute atomic E-state index is 0.172. The Morgan fingerprint density at radius 2 is 1.85 bits per heavy atom. The molecule has 1 rings (SSSR count). The van der Waals surface area contributed by atoms with Crippen LogP contribution in [0.25, 0.3) is 0 Å². The highest BCUT2D eigenvalue weighted by atomic mass is 32.2. The van der Waals surface area contributed by atoms with Crippen molar-refractivity contribution in [2.24, 2.45) is 4.40 Å². The zero-order valence-electron chi connectivity index (χ0n) is 11.6. The van der Waals surface area contributed by atoms with Crippen molar-refractivity contribution in [1.29, 1.82) is 0 Å². The molecule has 0 spiro atoms. The van der Waals surface area contributed by atoms with Gasteiger partial charge in [-0.25, -0.2) is 4.21 Å². The summed E-state index contributed by atoms with van der Waals surface area (Å²) in [5, 5.41) is 0. The van der Waals surface area contributed by atoms with E-state index < -0.39 is 27.5 Å². The van der Waals surface area contributed by atoms with Crippen molar-refractivity contribution in [3.63, 3.8) is 0 Å². The number of methoxy groups -OCH3 is 1. The monoisotopic (exact) mass is 307 g/mol. The van der Waals surface area contributed by atoms with Crippen molar-refractivity contribution >= 4 is 17.2 Å². The number of hydrogen-bond acceptors (Lipinski definition) is 2.